The molecule has 0 aliphatic rings. The first-order valence-electron chi connectivity index (χ1n) is 18.4. The van der Waals surface area contributed by atoms with E-state index in [1.807, 2.05) is 48.5 Å². The number of para-hydroxylation sites is 3. The summed E-state index contributed by atoms with van der Waals surface area (Å²) in [6, 6.07) is 71.9. The van der Waals surface area contributed by atoms with E-state index in [2.05, 4.69) is 168 Å². The van der Waals surface area contributed by atoms with Gasteiger partial charge in [0.05, 0.1) is 11.6 Å². The summed E-state index contributed by atoms with van der Waals surface area (Å²) in [5.41, 5.74) is 11.0. The van der Waals surface area contributed by atoms with Gasteiger partial charge in [-0.15, -0.1) is 0 Å². The fraction of sp³-hybridized carbons (Fsp3) is 0. The predicted octanol–water partition coefficient (Wildman–Crippen LogP) is 14.4. The van der Waals surface area contributed by atoms with E-state index in [1.165, 1.54) is 5.39 Å². The number of benzene rings is 9. The Balaban J connectivity index is 1.07. The second-order valence-electron chi connectivity index (χ2n) is 13.7. The van der Waals surface area contributed by atoms with Crippen LogP contribution >= 0.6 is 0 Å². The Labute approximate surface area is 319 Å². The molecule has 0 atom stereocenters. The molecule has 0 saturated carbocycles. The first-order chi connectivity index (χ1) is 27.2. The Hall–Kier alpha value is -7.61. The van der Waals surface area contributed by atoms with Crippen LogP contribution < -0.4 is 9.80 Å². The average Bonchev–Trinajstić information content (AvgIpc) is 3.66. The first kappa shape index (κ1) is 32.1. The summed E-state index contributed by atoms with van der Waals surface area (Å²) < 4.78 is 6.54. The highest BCUT2D eigenvalue weighted by atomic mass is 16.3. The van der Waals surface area contributed by atoms with Crippen LogP contribution in [-0.2, 0) is 0 Å². The molecule has 1 heterocycles. The van der Waals surface area contributed by atoms with Crippen molar-refractivity contribution in [2.24, 2.45) is 0 Å². The number of nitrogens with zero attached hydrogens (tertiary/aromatic N) is 3. The fourth-order valence-corrected chi connectivity index (χ4v) is 7.87. The van der Waals surface area contributed by atoms with E-state index in [-0.39, 0.29) is 0 Å². The van der Waals surface area contributed by atoms with E-state index in [0.29, 0.717) is 5.56 Å². The number of hydrogen-bond donors (Lipinski definition) is 0. The van der Waals surface area contributed by atoms with Crippen LogP contribution in [0.5, 0.6) is 0 Å². The van der Waals surface area contributed by atoms with E-state index in [4.69, 9.17) is 4.42 Å². The molecule has 0 aliphatic heterocycles. The Kier molecular flexibility index (Phi) is 7.83. The van der Waals surface area contributed by atoms with Crippen molar-refractivity contribution in [1.29, 1.82) is 5.26 Å². The van der Waals surface area contributed by atoms with E-state index < -0.39 is 0 Å². The summed E-state index contributed by atoms with van der Waals surface area (Å²) in [5, 5.41) is 16.4. The highest BCUT2D eigenvalue weighted by Crippen LogP contribution is 2.44. The first-order valence-corrected chi connectivity index (χ1v) is 18.4. The molecule has 10 rings (SSSR count). The van der Waals surface area contributed by atoms with E-state index in [9.17, 15) is 5.26 Å². The smallest absolute Gasteiger partial charge is 0.143 e. The molecule has 0 saturated heterocycles. The molecule has 0 fully saturated rings. The molecule has 258 valence electrons. The van der Waals surface area contributed by atoms with Crippen molar-refractivity contribution in [2.75, 3.05) is 9.80 Å². The minimum atomic E-state index is 0.622. The molecule has 0 bridgehead atoms. The lowest BCUT2D eigenvalue weighted by Gasteiger charge is -2.26. The molecular formula is C51H33N3O. The molecule has 0 aliphatic carbocycles. The van der Waals surface area contributed by atoms with Gasteiger partial charge < -0.3 is 14.2 Å². The van der Waals surface area contributed by atoms with Crippen molar-refractivity contribution in [3.8, 4) is 17.2 Å². The van der Waals surface area contributed by atoms with Crippen LogP contribution in [-0.4, -0.2) is 0 Å². The summed E-state index contributed by atoms with van der Waals surface area (Å²) in [4.78, 5) is 4.53. The zero-order valence-electron chi connectivity index (χ0n) is 29.8. The molecular weight excluding hydrogens is 671 g/mol. The van der Waals surface area contributed by atoms with Crippen molar-refractivity contribution < 1.29 is 4.42 Å². The van der Waals surface area contributed by atoms with Gasteiger partial charge in [0.2, 0.25) is 0 Å². The van der Waals surface area contributed by atoms with Crippen molar-refractivity contribution in [3.05, 3.63) is 206 Å². The van der Waals surface area contributed by atoms with E-state index >= 15 is 0 Å². The van der Waals surface area contributed by atoms with Crippen molar-refractivity contribution >= 4 is 77.6 Å². The molecule has 0 unspecified atom stereocenters. The second kappa shape index (κ2) is 13.4. The van der Waals surface area contributed by atoms with Crippen molar-refractivity contribution in [3.63, 3.8) is 0 Å². The maximum absolute atomic E-state index is 9.60. The van der Waals surface area contributed by atoms with Crippen molar-refractivity contribution in [2.45, 2.75) is 0 Å². The number of hydrogen-bond acceptors (Lipinski definition) is 4. The van der Waals surface area contributed by atoms with Crippen molar-refractivity contribution in [1.82, 2.24) is 0 Å². The lowest BCUT2D eigenvalue weighted by Crippen LogP contribution is -2.10. The minimum Gasteiger partial charge on any atom is -0.455 e. The van der Waals surface area contributed by atoms with Crippen LogP contribution in [0.4, 0.5) is 34.1 Å². The van der Waals surface area contributed by atoms with Gasteiger partial charge in [-0.25, -0.2) is 0 Å². The van der Waals surface area contributed by atoms with Crippen LogP contribution in [0.2, 0.25) is 0 Å². The van der Waals surface area contributed by atoms with Crippen LogP contribution in [0, 0.1) is 11.3 Å². The van der Waals surface area contributed by atoms with Gasteiger partial charge in [0.1, 0.15) is 11.2 Å². The second-order valence-corrected chi connectivity index (χ2v) is 13.7. The van der Waals surface area contributed by atoms with Gasteiger partial charge in [-0.05, 0) is 118 Å². The highest BCUT2D eigenvalue weighted by molar-refractivity contribution is 6.30. The van der Waals surface area contributed by atoms with Gasteiger partial charge in [0.25, 0.3) is 0 Å². The molecule has 4 heteroatoms. The zero-order chi connectivity index (χ0) is 36.7. The van der Waals surface area contributed by atoms with Crippen LogP contribution in [0.1, 0.15) is 5.56 Å². The lowest BCUT2D eigenvalue weighted by molar-refractivity contribution is 0.673. The number of furan rings is 1. The van der Waals surface area contributed by atoms with Crippen LogP contribution in [0.15, 0.2) is 205 Å². The molecule has 0 amide bonds. The molecule has 9 aromatic carbocycles. The lowest BCUT2D eigenvalue weighted by atomic mass is 9.96. The number of nitriles is 1. The topological polar surface area (TPSA) is 43.4 Å². The minimum absolute atomic E-state index is 0.622. The maximum atomic E-state index is 9.60. The molecule has 1 aromatic heterocycles. The standard InChI is InChI=1S/C51H33N3O/c52-34-35-19-25-40(26-20-35)54(43-31-32-45-44-15-7-8-16-46(44)51-50(48(45)33-43)47-17-9-10-18-49(47)55-51)42-29-23-37(24-30-42)36-21-27-41(28-22-36)53(38-11-3-1-4-12-38)39-13-5-2-6-14-39/h1-33H. The summed E-state index contributed by atoms with van der Waals surface area (Å²) in [7, 11) is 0. The van der Waals surface area contributed by atoms with Gasteiger partial charge in [0, 0.05) is 50.3 Å². The molecule has 4 nitrogen and oxygen atoms in total. The number of rotatable bonds is 7. The van der Waals surface area contributed by atoms with Crippen LogP contribution in [0.25, 0.3) is 54.6 Å². The third-order valence-electron chi connectivity index (χ3n) is 10.5. The summed E-state index contributed by atoms with van der Waals surface area (Å²) in [5.74, 6) is 0. The summed E-state index contributed by atoms with van der Waals surface area (Å²) in [6.45, 7) is 0. The number of fused-ring (bicyclic) bond motifs is 8. The summed E-state index contributed by atoms with van der Waals surface area (Å²) in [6.07, 6.45) is 0. The molecule has 55 heavy (non-hydrogen) atoms. The summed E-state index contributed by atoms with van der Waals surface area (Å²) >= 11 is 0. The van der Waals surface area contributed by atoms with E-state index in [1.54, 1.807) is 0 Å². The third-order valence-corrected chi connectivity index (χ3v) is 10.5. The number of anilines is 6. The van der Waals surface area contributed by atoms with Gasteiger partial charge in [-0.3, -0.25) is 0 Å². The van der Waals surface area contributed by atoms with Gasteiger partial charge in [-0.1, -0.05) is 109 Å². The Bertz CT molecular complexity index is 2980. The quantitative estimate of drug-likeness (QED) is 0.155. The fourth-order valence-electron chi connectivity index (χ4n) is 7.87. The van der Waals surface area contributed by atoms with Gasteiger partial charge >= 0.3 is 0 Å². The Morgan fingerprint density at radius 2 is 0.800 bits per heavy atom. The molecule has 10 aromatic rings. The molecule has 0 N–H and O–H groups in total. The predicted molar refractivity (Wildman–Crippen MR) is 228 cm³/mol. The SMILES string of the molecule is N#Cc1ccc(N(c2ccc(-c3ccc(N(c4ccccc4)c4ccccc4)cc3)cc2)c2ccc3c4ccccc4c4oc5ccccc5c4c3c2)cc1. The molecule has 0 radical (unpaired) electrons. The third kappa shape index (κ3) is 5.63. The van der Waals surface area contributed by atoms with Gasteiger partial charge in [0.15, 0.2) is 0 Å². The monoisotopic (exact) mass is 703 g/mol. The average molecular weight is 704 g/mol. The Morgan fingerprint density at radius 3 is 1.38 bits per heavy atom. The van der Waals surface area contributed by atoms with E-state index in [0.717, 1.165) is 83.3 Å². The van der Waals surface area contributed by atoms with Gasteiger partial charge in [-0.2, -0.15) is 5.26 Å². The largest absolute Gasteiger partial charge is 0.455 e. The molecule has 0 spiro atoms. The zero-order valence-corrected chi connectivity index (χ0v) is 29.8. The highest BCUT2D eigenvalue weighted by Gasteiger charge is 2.19. The Morgan fingerprint density at radius 1 is 0.364 bits per heavy atom. The maximum Gasteiger partial charge on any atom is 0.143 e. The van der Waals surface area contributed by atoms with Crippen LogP contribution in [0.3, 0.4) is 0 Å². The normalized spacial score (nSPS) is 11.3.